The average Bonchev–Trinajstić information content (AvgIpc) is 3.06. The first-order chi connectivity index (χ1) is 22.5. The van der Waals surface area contributed by atoms with Crippen molar-refractivity contribution in [2.45, 2.75) is 44.4 Å². The molecule has 3 rings (SSSR count). The first-order valence-corrected chi connectivity index (χ1v) is 15.8. The summed E-state index contributed by atoms with van der Waals surface area (Å²) in [4.78, 5) is 78.7. The van der Waals surface area contributed by atoms with Crippen LogP contribution >= 0.6 is 11.6 Å². The summed E-state index contributed by atoms with van der Waals surface area (Å²) in [6, 6.07) is 12.7. The van der Waals surface area contributed by atoms with Crippen LogP contribution < -0.4 is 32.3 Å². The van der Waals surface area contributed by atoms with Crippen molar-refractivity contribution in [3.8, 4) is 0 Å². The largest absolute Gasteiger partial charge is 0.379 e. The number of morpholine rings is 1. The fraction of sp³-hybridized carbons (Fsp3) is 0.438. The molecule has 1 fully saturated rings. The van der Waals surface area contributed by atoms with Crippen LogP contribution in [0.5, 0.6) is 0 Å². The Kier molecular flexibility index (Phi) is 15.1. The van der Waals surface area contributed by atoms with Crippen molar-refractivity contribution >= 4 is 47.0 Å². The Bertz CT molecular complexity index is 1370. The average molecular weight is 672 g/mol. The molecule has 3 atom stereocenters. The van der Waals surface area contributed by atoms with Crippen molar-refractivity contribution in [2.24, 2.45) is 5.73 Å². The summed E-state index contributed by atoms with van der Waals surface area (Å²) in [6.07, 6.45) is -0.475. The minimum Gasteiger partial charge on any atom is -0.379 e. The van der Waals surface area contributed by atoms with E-state index in [0.717, 1.165) is 16.7 Å². The number of aryl methyl sites for hydroxylation is 1. The van der Waals surface area contributed by atoms with E-state index in [9.17, 15) is 28.8 Å². The quantitative estimate of drug-likeness (QED) is 0.113. The lowest BCUT2D eigenvalue weighted by Gasteiger charge is -2.28. The number of hydrogen-bond donors (Lipinski definition) is 6. The van der Waals surface area contributed by atoms with E-state index < -0.39 is 60.0 Å². The summed E-state index contributed by atoms with van der Waals surface area (Å²) in [5.74, 6) is -4.54. The van der Waals surface area contributed by atoms with Gasteiger partial charge in [-0.25, -0.2) is 0 Å². The number of rotatable bonds is 17. The number of carbonyl (C=O) groups excluding carboxylic acids is 6. The van der Waals surface area contributed by atoms with E-state index in [1.807, 2.05) is 42.2 Å². The number of amides is 6. The minimum absolute atomic E-state index is 0.0271. The second kappa shape index (κ2) is 19.2. The zero-order valence-electron chi connectivity index (χ0n) is 26.3. The molecule has 254 valence electrons. The van der Waals surface area contributed by atoms with Gasteiger partial charge in [-0.3, -0.25) is 33.7 Å². The Labute approximate surface area is 278 Å². The third-order valence-electron chi connectivity index (χ3n) is 7.29. The van der Waals surface area contributed by atoms with Gasteiger partial charge in [0.2, 0.25) is 35.4 Å². The smallest absolute Gasteiger partial charge is 0.245 e. The highest BCUT2D eigenvalue weighted by Gasteiger charge is 2.31. The second-order valence-electron chi connectivity index (χ2n) is 11.1. The first-order valence-electron chi connectivity index (χ1n) is 15.2. The number of halogens is 1. The Morgan fingerprint density at radius 2 is 1.43 bits per heavy atom. The number of hydrogen-bond acceptors (Lipinski definition) is 8. The lowest BCUT2D eigenvalue weighted by molar-refractivity contribution is -0.135. The molecule has 2 aromatic rings. The summed E-state index contributed by atoms with van der Waals surface area (Å²) in [7, 11) is 0. The fourth-order valence-electron chi connectivity index (χ4n) is 4.71. The molecule has 47 heavy (non-hydrogen) atoms. The van der Waals surface area contributed by atoms with Crippen molar-refractivity contribution in [1.29, 1.82) is 0 Å². The SMILES string of the molecule is Cc1ccc(CNC(=O)[C@H](Cc2ccccc2)NC(=O)[C@H](CC(N)=O)NC(=O)[C@H](CNC(=O)CCl)NC(=O)CN2CCOCC2)cc1. The van der Waals surface area contributed by atoms with E-state index >= 15 is 0 Å². The summed E-state index contributed by atoms with van der Waals surface area (Å²) < 4.78 is 5.29. The van der Waals surface area contributed by atoms with Gasteiger partial charge in [0.05, 0.1) is 26.2 Å². The van der Waals surface area contributed by atoms with E-state index in [4.69, 9.17) is 22.1 Å². The topological polar surface area (TPSA) is 201 Å². The van der Waals surface area contributed by atoms with Crippen LogP contribution in [0.1, 0.15) is 23.1 Å². The second-order valence-corrected chi connectivity index (χ2v) is 11.4. The van der Waals surface area contributed by atoms with Gasteiger partial charge in [0, 0.05) is 32.6 Å². The molecule has 6 amide bonds. The van der Waals surface area contributed by atoms with Crippen molar-refractivity contribution in [1.82, 2.24) is 31.5 Å². The molecule has 1 aliphatic heterocycles. The number of nitrogens with zero attached hydrogens (tertiary/aromatic N) is 1. The Morgan fingerprint density at radius 1 is 0.787 bits per heavy atom. The van der Waals surface area contributed by atoms with Gasteiger partial charge in [-0.1, -0.05) is 60.2 Å². The summed E-state index contributed by atoms with van der Waals surface area (Å²) in [6.45, 7) is 3.77. The van der Waals surface area contributed by atoms with Gasteiger partial charge < -0.3 is 37.1 Å². The predicted molar refractivity (Wildman–Crippen MR) is 174 cm³/mol. The maximum atomic E-state index is 13.5. The molecule has 1 saturated heterocycles. The molecule has 7 N–H and O–H groups in total. The van der Waals surface area contributed by atoms with E-state index in [1.54, 1.807) is 24.3 Å². The van der Waals surface area contributed by atoms with Gasteiger partial charge in [-0.05, 0) is 18.1 Å². The normalized spacial score (nSPS) is 14.9. The third-order valence-corrected chi connectivity index (χ3v) is 7.53. The number of nitrogens with one attached hydrogen (secondary N) is 5. The van der Waals surface area contributed by atoms with Crippen molar-refractivity contribution < 1.29 is 33.5 Å². The van der Waals surface area contributed by atoms with Crippen molar-refractivity contribution in [3.63, 3.8) is 0 Å². The van der Waals surface area contributed by atoms with Crippen LogP contribution in [0.4, 0.5) is 0 Å². The Balaban J connectivity index is 1.74. The molecule has 0 aromatic heterocycles. The van der Waals surface area contributed by atoms with E-state index in [0.29, 0.717) is 26.3 Å². The highest BCUT2D eigenvalue weighted by atomic mass is 35.5. The van der Waals surface area contributed by atoms with Crippen LogP contribution in [-0.4, -0.2) is 104 Å². The molecular weight excluding hydrogens is 630 g/mol. The maximum Gasteiger partial charge on any atom is 0.245 e. The van der Waals surface area contributed by atoms with Gasteiger partial charge in [0.25, 0.3) is 0 Å². The lowest BCUT2D eigenvalue weighted by Crippen LogP contribution is -2.60. The van der Waals surface area contributed by atoms with Gasteiger partial charge in [-0.2, -0.15) is 0 Å². The monoisotopic (exact) mass is 671 g/mol. The van der Waals surface area contributed by atoms with Gasteiger partial charge in [0.1, 0.15) is 24.0 Å². The number of alkyl halides is 1. The third kappa shape index (κ3) is 13.4. The van der Waals surface area contributed by atoms with Gasteiger partial charge in [0.15, 0.2) is 0 Å². The highest BCUT2D eigenvalue weighted by molar-refractivity contribution is 6.27. The molecule has 1 aliphatic rings. The van der Waals surface area contributed by atoms with Crippen LogP contribution in [0.25, 0.3) is 0 Å². The fourth-order valence-corrected chi connectivity index (χ4v) is 4.80. The molecule has 0 spiro atoms. The maximum absolute atomic E-state index is 13.5. The minimum atomic E-state index is -1.49. The van der Waals surface area contributed by atoms with Gasteiger partial charge in [-0.15, -0.1) is 11.6 Å². The van der Waals surface area contributed by atoms with E-state index in [-0.39, 0.29) is 31.9 Å². The lowest BCUT2D eigenvalue weighted by atomic mass is 10.0. The Morgan fingerprint density at radius 3 is 2.06 bits per heavy atom. The van der Waals surface area contributed by atoms with E-state index in [1.165, 1.54) is 0 Å². The number of carbonyl (C=O) groups is 6. The highest BCUT2D eigenvalue weighted by Crippen LogP contribution is 2.07. The van der Waals surface area contributed by atoms with Crippen LogP contribution in [0.2, 0.25) is 0 Å². The number of benzene rings is 2. The number of nitrogens with two attached hydrogens (primary N) is 1. The predicted octanol–water partition coefficient (Wildman–Crippen LogP) is -1.13. The molecule has 1 heterocycles. The number of ether oxygens (including phenoxy) is 1. The molecular formula is C32H42ClN7O7. The summed E-state index contributed by atoms with van der Waals surface area (Å²) in [5, 5.41) is 12.9. The first kappa shape index (κ1) is 36.9. The molecule has 0 aliphatic carbocycles. The summed E-state index contributed by atoms with van der Waals surface area (Å²) in [5.41, 5.74) is 8.10. The molecule has 0 saturated carbocycles. The molecule has 0 bridgehead atoms. The zero-order chi connectivity index (χ0) is 34.2. The van der Waals surface area contributed by atoms with Crippen LogP contribution in [0.3, 0.4) is 0 Å². The standard InChI is InChI=1S/C32H42ClN7O7/c1-21-7-9-23(10-8-21)18-36-30(44)24(15-22-5-3-2-4-6-22)38-31(45)25(16-27(34)41)39-32(46)26(19-35-28(42)17-33)37-29(43)20-40-11-13-47-14-12-40/h2-10,24-26H,11-20H2,1H3,(H2,34,41)(H,35,42)(H,36,44)(H,37,43)(H,38,45)(H,39,46)/t24-,25-,26-/m0/s1. The van der Waals surface area contributed by atoms with Gasteiger partial charge >= 0.3 is 0 Å². The van der Waals surface area contributed by atoms with E-state index in [2.05, 4.69) is 26.6 Å². The zero-order valence-corrected chi connectivity index (χ0v) is 27.0. The molecule has 0 radical (unpaired) electrons. The van der Waals surface area contributed by atoms with Crippen LogP contribution in [0, 0.1) is 6.92 Å². The molecule has 0 unspecified atom stereocenters. The molecule has 15 heteroatoms. The molecule has 14 nitrogen and oxygen atoms in total. The summed E-state index contributed by atoms with van der Waals surface area (Å²) >= 11 is 5.57. The van der Waals surface area contributed by atoms with Crippen molar-refractivity contribution in [3.05, 3.63) is 71.3 Å². The van der Waals surface area contributed by atoms with Crippen LogP contribution in [-0.2, 0) is 46.5 Å². The number of primary amides is 1. The van der Waals surface area contributed by atoms with Crippen LogP contribution in [0.15, 0.2) is 54.6 Å². The molecule has 2 aromatic carbocycles. The Hall–Kier alpha value is -4.53. The van der Waals surface area contributed by atoms with Crippen molar-refractivity contribution in [2.75, 3.05) is 45.3 Å².